The molecular weight excluding hydrogens is 216 g/mol. The molecule has 0 aliphatic heterocycles. The zero-order valence-corrected chi connectivity index (χ0v) is 11.0. The topological polar surface area (TPSA) is 0 Å². The van der Waals surface area contributed by atoms with E-state index in [9.17, 15) is 0 Å². The Bertz CT molecular complexity index is 531. The van der Waals surface area contributed by atoms with E-state index in [0.29, 0.717) is 0 Å². The minimum absolute atomic E-state index is 0.177. The molecule has 18 heavy (non-hydrogen) atoms. The maximum atomic E-state index is 2.44. The van der Waals surface area contributed by atoms with Crippen molar-refractivity contribution in [2.75, 3.05) is 0 Å². The number of rotatable bonds is 4. The highest BCUT2D eigenvalue weighted by molar-refractivity contribution is 5.69. The first kappa shape index (κ1) is 11.5. The molecule has 3 rings (SSSR count). The molecular formula is C18H20. The summed E-state index contributed by atoms with van der Waals surface area (Å²) in [4.78, 5) is 0. The Kier molecular flexibility index (Phi) is 2.95. The second-order valence-corrected chi connectivity index (χ2v) is 5.32. The van der Waals surface area contributed by atoms with Crippen molar-refractivity contribution in [1.82, 2.24) is 0 Å². The Morgan fingerprint density at radius 2 is 2.11 bits per heavy atom. The van der Waals surface area contributed by atoms with Gasteiger partial charge < -0.3 is 0 Å². The van der Waals surface area contributed by atoms with Crippen LogP contribution >= 0.6 is 0 Å². The van der Waals surface area contributed by atoms with Gasteiger partial charge in [0.2, 0.25) is 0 Å². The largest absolute Gasteiger partial charge is 0.0804 e. The fourth-order valence-corrected chi connectivity index (χ4v) is 3.26. The van der Waals surface area contributed by atoms with Crippen LogP contribution in [0, 0.1) is 0 Å². The van der Waals surface area contributed by atoms with Crippen LogP contribution in [0.3, 0.4) is 0 Å². The SMILES string of the molecule is CCCCC1(C2=CC=CC2)C=Cc2ccccc21. The molecule has 2 aliphatic rings. The monoisotopic (exact) mass is 236 g/mol. The van der Waals surface area contributed by atoms with E-state index >= 15 is 0 Å². The second kappa shape index (κ2) is 4.61. The summed E-state index contributed by atoms with van der Waals surface area (Å²) in [7, 11) is 0. The van der Waals surface area contributed by atoms with Gasteiger partial charge in [-0.2, -0.15) is 0 Å². The van der Waals surface area contributed by atoms with Gasteiger partial charge in [-0.15, -0.1) is 0 Å². The van der Waals surface area contributed by atoms with Crippen molar-refractivity contribution in [3.63, 3.8) is 0 Å². The van der Waals surface area contributed by atoms with Crippen LogP contribution in [0.4, 0.5) is 0 Å². The van der Waals surface area contributed by atoms with Crippen LogP contribution in [0.2, 0.25) is 0 Å². The lowest BCUT2D eigenvalue weighted by atomic mass is 9.72. The van der Waals surface area contributed by atoms with E-state index in [0.717, 1.165) is 6.42 Å². The zero-order chi connectivity index (χ0) is 12.4. The molecule has 0 saturated heterocycles. The summed E-state index contributed by atoms with van der Waals surface area (Å²) in [6.07, 6.45) is 16.5. The van der Waals surface area contributed by atoms with Crippen molar-refractivity contribution in [3.05, 3.63) is 65.3 Å². The van der Waals surface area contributed by atoms with Gasteiger partial charge in [0.1, 0.15) is 0 Å². The number of benzene rings is 1. The third-order valence-electron chi connectivity index (χ3n) is 4.26. The van der Waals surface area contributed by atoms with Crippen molar-refractivity contribution in [2.45, 2.75) is 38.0 Å². The van der Waals surface area contributed by atoms with Crippen LogP contribution < -0.4 is 0 Å². The van der Waals surface area contributed by atoms with Gasteiger partial charge >= 0.3 is 0 Å². The molecule has 92 valence electrons. The lowest BCUT2D eigenvalue weighted by molar-refractivity contribution is 0.536. The van der Waals surface area contributed by atoms with Crippen LogP contribution in [-0.2, 0) is 5.41 Å². The Hall–Kier alpha value is -1.56. The van der Waals surface area contributed by atoms with Crippen molar-refractivity contribution in [1.29, 1.82) is 0 Å². The molecule has 1 aromatic rings. The number of fused-ring (bicyclic) bond motifs is 1. The van der Waals surface area contributed by atoms with Crippen LogP contribution in [-0.4, -0.2) is 0 Å². The molecule has 0 N–H and O–H groups in total. The summed E-state index contributed by atoms with van der Waals surface area (Å²) in [6.45, 7) is 2.28. The molecule has 0 nitrogen and oxygen atoms in total. The fourth-order valence-electron chi connectivity index (χ4n) is 3.26. The fraction of sp³-hybridized carbons (Fsp3) is 0.333. The quantitative estimate of drug-likeness (QED) is 0.688. The molecule has 0 saturated carbocycles. The second-order valence-electron chi connectivity index (χ2n) is 5.32. The normalized spacial score (nSPS) is 24.4. The minimum Gasteiger partial charge on any atom is -0.0804 e. The van der Waals surface area contributed by atoms with Crippen LogP contribution in [0.25, 0.3) is 6.08 Å². The first-order valence-electron chi connectivity index (χ1n) is 7.02. The number of unbranched alkanes of at least 4 members (excludes halogenated alkanes) is 1. The van der Waals surface area contributed by atoms with Gasteiger partial charge in [-0.3, -0.25) is 0 Å². The van der Waals surface area contributed by atoms with E-state index in [1.165, 1.54) is 30.4 Å². The molecule has 0 amide bonds. The van der Waals surface area contributed by atoms with Crippen LogP contribution in [0.1, 0.15) is 43.7 Å². The van der Waals surface area contributed by atoms with Gasteiger partial charge in [-0.1, -0.05) is 80.0 Å². The predicted molar refractivity (Wildman–Crippen MR) is 78.5 cm³/mol. The van der Waals surface area contributed by atoms with E-state index in [-0.39, 0.29) is 5.41 Å². The predicted octanol–water partition coefficient (Wildman–Crippen LogP) is 5.03. The molecule has 1 atom stereocenters. The molecule has 0 heteroatoms. The van der Waals surface area contributed by atoms with Gasteiger partial charge in [0, 0.05) is 5.41 Å². The standard InChI is InChI=1S/C18H20/c1-2-3-13-18(16-9-5-6-10-16)14-12-15-8-4-7-11-17(15)18/h4-9,11-12,14H,2-3,10,13H2,1H3. The lowest BCUT2D eigenvalue weighted by Gasteiger charge is -2.31. The summed E-state index contributed by atoms with van der Waals surface area (Å²) < 4.78 is 0. The van der Waals surface area contributed by atoms with E-state index in [2.05, 4.69) is 61.6 Å². The maximum absolute atomic E-state index is 2.44. The van der Waals surface area contributed by atoms with Gasteiger partial charge in [-0.25, -0.2) is 0 Å². The van der Waals surface area contributed by atoms with Gasteiger partial charge in [0.25, 0.3) is 0 Å². The summed E-state index contributed by atoms with van der Waals surface area (Å²) in [5.74, 6) is 0. The first-order valence-corrected chi connectivity index (χ1v) is 7.02. The summed E-state index contributed by atoms with van der Waals surface area (Å²) in [5, 5.41) is 0. The maximum Gasteiger partial charge on any atom is 0.0356 e. The Balaban J connectivity index is 2.05. The summed E-state index contributed by atoms with van der Waals surface area (Å²) >= 11 is 0. The zero-order valence-electron chi connectivity index (χ0n) is 11.0. The van der Waals surface area contributed by atoms with E-state index in [4.69, 9.17) is 0 Å². The van der Waals surface area contributed by atoms with Gasteiger partial charge in [0.05, 0.1) is 0 Å². The third kappa shape index (κ3) is 1.68. The molecule has 1 aromatic carbocycles. The smallest absolute Gasteiger partial charge is 0.0356 e. The van der Waals surface area contributed by atoms with Crippen LogP contribution in [0.15, 0.2) is 54.1 Å². The molecule has 1 unspecified atom stereocenters. The molecule has 0 bridgehead atoms. The molecule has 0 heterocycles. The number of hydrogen-bond acceptors (Lipinski definition) is 0. The molecule has 0 aromatic heterocycles. The highest BCUT2D eigenvalue weighted by atomic mass is 14.4. The molecule has 0 spiro atoms. The third-order valence-corrected chi connectivity index (χ3v) is 4.26. The molecule has 0 radical (unpaired) electrons. The Morgan fingerprint density at radius 1 is 1.22 bits per heavy atom. The summed E-state index contributed by atoms with van der Waals surface area (Å²) in [5.41, 5.74) is 4.66. The van der Waals surface area contributed by atoms with E-state index < -0.39 is 0 Å². The van der Waals surface area contributed by atoms with Crippen molar-refractivity contribution >= 4 is 6.08 Å². The van der Waals surface area contributed by atoms with Crippen molar-refractivity contribution in [3.8, 4) is 0 Å². The van der Waals surface area contributed by atoms with Gasteiger partial charge in [0.15, 0.2) is 0 Å². The average molecular weight is 236 g/mol. The van der Waals surface area contributed by atoms with Crippen molar-refractivity contribution in [2.24, 2.45) is 0 Å². The van der Waals surface area contributed by atoms with E-state index in [1.807, 2.05) is 0 Å². The van der Waals surface area contributed by atoms with Crippen molar-refractivity contribution < 1.29 is 0 Å². The number of hydrogen-bond donors (Lipinski definition) is 0. The Labute approximate surface area is 110 Å². The van der Waals surface area contributed by atoms with E-state index in [1.54, 1.807) is 5.57 Å². The van der Waals surface area contributed by atoms with Crippen LogP contribution in [0.5, 0.6) is 0 Å². The highest BCUT2D eigenvalue weighted by Gasteiger charge is 2.37. The lowest BCUT2D eigenvalue weighted by Crippen LogP contribution is -2.24. The van der Waals surface area contributed by atoms with Gasteiger partial charge in [-0.05, 0) is 24.0 Å². The average Bonchev–Trinajstić information content (AvgIpc) is 3.05. The highest BCUT2D eigenvalue weighted by Crippen LogP contribution is 2.47. The summed E-state index contributed by atoms with van der Waals surface area (Å²) in [6, 6.07) is 8.86. The number of allylic oxidation sites excluding steroid dienone is 5. The first-order chi connectivity index (χ1) is 8.87. The molecule has 2 aliphatic carbocycles. The molecule has 0 fully saturated rings. The minimum atomic E-state index is 0.177. The Morgan fingerprint density at radius 3 is 2.89 bits per heavy atom.